The Morgan fingerprint density at radius 1 is 0.793 bits per heavy atom. The fraction of sp³-hybridized carbons (Fsp3) is 0.231. The number of anilines is 1. The van der Waals surface area contributed by atoms with Crippen molar-refractivity contribution in [2.75, 3.05) is 31.2 Å². The summed E-state index contributed by atoms with van der Waals surface area (Å²) in [6.07, 6.45) is 5.09. The van der Waals surface area contributed by atoms with Gasteiger partial charge in [0.05, 0.1) is 13.2 Å². The van der Waals surface area contributed by atoms with Crippen molar-refractivity contribution in [1.82, 2.24) is 0 Å². The molecule has 0 amide bonds. The smallest absolute Gasteiger partial charge is 0.127 e. The third-order valence-electron chi connectivity index (χ3n) is 6.16. The molecule has 0 aromatic heterocycles. The summed E-state index contributed by atoms with van der Waals surface area (Å²) in [6.45, 7) is 3.15. The Hall–Kier alpha value is -2.91. The highest BCUT2D eigenvalue weighted by Crippen LogP contribution is 2.46. The molecule has 1 saturated heterocycles. The molecule has 1 unspecified atom stereocenters. The number of halogens is 1. The molecule has 146 valence electrons. The van der Waals surface area contributed by atoms with E-state index < -0.39 is 5.41 Å². The molecule has 3 aromatic carbocycles. The number of morpholine rings is 1. The number of benzene rings is 3. The van der Waals surface area contributed by atoms with Crippen LogP contribution in [0.4, 0.5) is 10.1 Å². The van der Waals surface area contributed by atoms with E-state index in [0.717, 1.165) is 43.9 Å². The van der Waals surface area contributed by atoms with E-state index in [4.69, 9.17) is 4.74 Å². The van der Waals surface area contributed by atoms with E-state index in [9.17, 15) is 0 Å². The molecule has 0 radical (unpaired) electrons. The van der Waals surface area contributed by atoms with Crippen LogP contribution in [0.15, 0.2) is 78.9 Å². The van der Waals surface area contributed by atoms with Crippen molar-refractivity contribution in [3.63, 3.8) is 0 Å². The lowest BCUT2D eigenvalue weighted by Crippen LogP contribution is -2.39. The maximum Gasteiger partial charge on any atom is 0.127 e. The highest BCUT2D eigenvalue weighted by Gasteiger charge is 2.39. The first-order chi connectivity index (χ1) is 14.3. The van der Waals surface area contributed by atoms with Crippen LogP contribution >= 0.6 is 0 Å². The van der Waals surface area contributed by atoms with Crippen LogP contribution in [0.2, 0.25) is 0 Å². The van der Waals surface area contributed by atoms with Crippen LogP contribution in [0.1, 0.15) is 22.3 Å². The Kier molecular flexibility index (Phi) is 4.69. The number of hydrogen-bond acceptors (Lipinski definition) is 2. The number of rotatable bonds is 3. The average molecular weight is 385 g/mol. The van der Waals surface area contributed by atoms with Crippen molar-refractivity contribution < 1.29 is 9.13 Å². The van der Waals surface area contributed by atoms with E-state index >= 15 is 4.39 Å². The molecule has 0 spiro atoms. The standard InChI is InChI=1S/C26H24FNO/c27-24-11-5-3-9-22(24)26(14-13-20-7-1-2-8-21(20)19-26)23-10-4-6-12-25(23)28-15-17-29-18-16-28/h1-14H,15-19H2. The lowest BCUT2D eigenvalue weighted by Gasteiger charge is -2.40. The molecule has 0 bridgehead atoms. The Morgan fingerprint density at radius 2 is 1.48 bits per heavy atom. The summed E-state index contributed by atoms with van der Waals surface area (Å²) in [5.74, 6) is -0.159. The second-order valence-corrected chi connectivity index (χ2v) is 7.78. The molecule has 1 fully saturated rings. The summed E-state index contributed by atoms with van der Waals surface area (Å²) in [5.41, 5.74) is 4.96. The molecule has 3 heteroatoms. The summed E-state index contributed by atoms with van der Waals surface area (Å²) in [7, 11) is 0. The maximum atomic E-state index is 15.2. The van der Waals surface area contributed by atoms with Crippen molar-refractivity contribution in [1.29, 1.82) is 0 Å². The quantitative estimate of drug-likeness (QED) is 0.613. The van der Waals surface area contributed by atoms with Gasteiger partial charge in [0.25, 0.3) is 0 Å². The minimum Gasteiger partial charge on any atom is -0.378 e. The Bertz CT molecular complexity index is 1050. The number of hydrogen-bond donors (Lipinski definition) is 0. The summed E-state index contributed by atoms with van der Waals surface area (Å²) < 4.78 is 20.8. The van der Waals surface area contributed by atoms with Gasteiger partial charge in [-0.05, 0) is 35.2 Å². The molecule has 1 heterocycles. The summed E-state index contributed by atoms with van der Waals surface area (Å²) in [4.78, 5) is 2.37. The van der Waals surface area contributed by atoms with Crippen molar-refractivity contribution in [3.8, 4) is 0 Å². The number of ether oxygens (including phenoxy) is 1. The first-order valence-corrected chi connectivity index (χ1v) is 10.2. The number of para-hydroxylation sites is 1. The molecular formula is C26H24FNO. The summed E-state index contributed by atoms with van der Waals surface area (Å²) in [5, 5.41) is 0. The molecule has 5 rings (SSSR count). The second-order valence-electron chi connectivity index (χ2n) is 7.78. The Labute approximate surface area is 171 Å². The molecule has 2 aliphatic rings. The Balaban J connectivity index is 1.73. The fourth-order valence-electron chi connectivity index (χ4n) is 4.72. The van der Waals surface area contributed by atoms with E-state index in [1.54, 1.807) is 12.1 Å². The zero-order valence-corrected chi connectivity index (χ0v) is 16.4. The van der Waals surface area contributed by atoms with E-state index in [-0.39, 0.29) is 5.82 Å². The van der Waals surface area contributed by atoms with Crippen LogP contribution in [0.5, 0.6) is 0 Å². The highest BCUT2D eigenvalue weighted by molar-refractivity contribution is 5.69. The van der Waals surface area contributed by atoms with E-state index in [0.29, 0.717) is 0 Å². The summed E-state index contributed by atoms with van der Waals surface area (Å²) in [6, 6.07) is 24.1. The molecule has 2 nitrogen and oxygen atoms in total. The molecule has 0 N–H and O–H groups in total. The first-order valence-electron chi connectivity index (χ1n) is 10.2. The molecule has 29 heavy (non-hydrogen) atoms. The first kappa shape index (κ1) is 18.1. The van der Waals surface area contributed by atoms with Gasteiger partial charge in [-0.2, -0.15) is 0 Å². The van der Waals surface area contributed by atoms with Gasteiger partial charge in [-0.15, -0.1) is 0 Å². The zero-order chi connectivity index (χ0) is 19.7. The number of allylic oxidation sites excluding steroid dienone is 1. The highest BCUT2D eigenvalue weighted by atomic mass is 19.1. The monoisotopic (exact) mass is 385 g/mol. The van der Waals surface area contributed by atoms with Crippen LogP contribution in [0, 0.1) is 5.82 Å². The predicted molar refractivity (Wildman–Crippen MR) is 116 cm³/mol. The third-order valence-corrected chi connectivity index (χ3v) is 6.16. The van der Waals surface area contributed by atoms with Crippen LogP contribution in [0.25, 0.3) is 6.08 Å². The third kappa shape index (κ3) is 3.16. The SMILES string of the molecule is Fc1ccccc1C1(c2ccccc2N2CCOCC2)C=Cc2ccccc2C1. The molecule has 1 aliphatic heterocycles. The number of nitrogens with zero attached hydrogens (tertiary/aromatic N) is 1. The van der Waals surface area contributed by atoms with Gasteiger partial charge in [-0.3, -0.25) is 0 Å². The summed E-state index contributed by atoms with van der Waals surface area (Å²) >= 11 is 0. The lowest BCUT2D eigenvalue weighted by atomic mass is 9.66. The van der Waals surface area contributed by atoms with Crippen molar-refractivity contribution in [2.24, 2.45) is 0 Å². The number of fused-ring (bicyclic) bond motifs is 1. The van der Waals surface area contributed by atoms with Gasteiger partial charge in [-0.1, -0.05) is 72.8 Å². The maximum absolute atomic E-state index is 15.2. The fourth-order valence-corrected chi connectivity index (χ4v) is 4.72. The molecule has 1 aliphatic carbocycles. The second kappa shape index (κ2) is 7.49. The molecule has 1 atom stereocenters. The van der Waals surface area contributed by atoms with Gasteiger partial charge in [-0.25, -0.2) is 4.39 Å². The zero-order valence-electron chi connectivity index (χ0n) is 16.4. The van der Waals surface area contributed by atoms with Crippen LogP contribution < -0.4 is 4.90 Å². The lowest BCUT2D eigenvalue weighted by molar-refractivity contribution is 0.122. The minimum absolute atomic E-state index is 0.159. The van der Waals surface area contributed by atoms with Gasteiger partial charge < -0.3 is 9.64 Å². The van der Waals surface area contributed by atoms with Gasteiger partial charge in [0.1, 0.15) is 5.82 Å². The molecule has 3 aromatic rings. The van der Waals surface area contributed by atoms with Gasteiger partial charge >= 0.3 is 0 Å². The van der Waals surface area contributed by atoms with Gasteiger partial charge in [0.2, 0.25) is 0 Å². The average Bonchev–Trinajstić information content (AvgIpc) is 2.79. The normalized spacial score (nSPS) is 21.1. The van der Waals surface area contributed by atoms with Gasteiger partial charge in [0, 0.05) is 29.8 Å². The molecular weight excluding hydrogens is 361 g/mol. The van der Waals surface area contributed by atoms with Crippen molar-refractivity contribution >= 4 is 11.8 Å². The van der Waals surface area contributed by atoms with Crippen LogP contribution in [-0.2, 0) is 16.6 Å². The van der Waals surface area contributed by atoms with Crippen LogP contribution in [-0.4, -0.2) is 26.3 Å². The molecule has 0 saturated carbocycles. The van der Waals surface area contributed by atoms with E-state index in [2.05, 4.69) is 65.6 Å². The van der Waals surface area contributed by atoms with Crippen LogP contribution in [0.3, 0.4) is 0 Å². The van der Waals surface area contributed by atoms with Crippen molar-refractivity contribution in [2.45, 2.75) is 11.8 Å². The largest absolute Gasteiger partial charge is 0.378 e. The van der Waals surface area contributed by atoms with E-state index in [1.165, 1.54) is 16.8 Å². The van der Waals surface area contributed by atoms with E-state index in [1.807, 2.05) is 12.1 Å². The van der Waals surface area contributed by atoms with Crippen molar-refractivity contribution in [3.05, 3.63) is 107 Å². The Morgan fingerprint density at radius 3 is 2.31 bits per heavy atom. The predicted octanol–water partition coefficient (Wildman–Crippen LogP) is 5.22. The topological polar surface area (TPSA) is 12.5 Å². The van der Waals surface area contributed by atoms with Gasteiger partial charge in [0.15, 0.2) is 0 Å². The minimum atomic E-state index is -0.547.